The third kappa shape index (κ3) is 3.72. The standard InChI is InChI=1S/C20H14ClN3O4S/c1-12-7-8-16(21)18-17(12)22-20(29-18)23(11-15-6-3-9-28-15)19(25)13-4-2-5-14(10-13)24(26)27/h2-10H,11H2,1H3. The van der Waals surface area contributed by atoms with Gasteiger partial charge in [0, 0.05) is 17.7 Å². The Morgan fingerprint density at radius 1 is 1.28 bits per heavy atom. The Kier molecular flexibility index (Phi) is 5.04. The molecule has 29 heavy (non-hydrogen) atoms. The van der Waals surface area contributed by atoms with Gasteiger partial charge >= 0.3 is 0 Å². The van der Waals surface area contributed by atoms with Crippen LogP contribution in [0.4, 0.5) is 10.8 Å². The molecule has 0 fully saturated rings. The first kappa shape index (κ1) is 19.1. The molecule has 2 aromatic carbocycles. The van der Waals surface area contributed by atoms with Crippen LogP contribution < -0.4 is 4.90 Å². The predicted molar refractivity (Wildman–Crippen MR) is 112 cm³/mol. The summed E-state index contributed by atoms with van der Waals surface area (Å²) in [7, 11) is 0. The molecule has 0 aliphatic carbocycles. The van der Waals surface area contributed by atoms with E-state index in [1.807, 2.05) is 13.0 Å². The number of carbonyl (C=O) groups is 1. The molecule has 2 heterocycles. The number of aryl methyl sites for hydroxylation is 1. The summed E-state index contributed by atoms with van der Waals surface area (Å²) in [5, 5.41) is 12.1. The van der Waals surface area contributed by atoms with Crippen molar-refractivity contribution in [1.29, 1.82) is 0 Å². The zero-order valence-corrected chi connectivity index (χ0v) is 16.7. The first-order chi connectivity index (χ1) is 13.9. The number of nitro groups is 1. The Hall–Kier alpha value is -3.23. The number of hydrogen-bond donors (Lipinski definition) is 0. The van der Waals surface area contributed by atoms with Crippen LogP contribution in [0.15, 0.2) is 59.2 Å². The summed E-state index contributed by atoms with van der Waals surface area (Å²) in [6.07, 6.45) is 1.52. The zero-order valence-electron chi connectivity index (χ0n) is 15.2. The molecule has 9 heteroatoms. The summed E-state index contributed by atoms with van der Waals surface area (Å²) in [5.41, 5.74) is 1.69. The largest absolute Gasteiger partial charge is 0.467 e. The number of aromatic nitrogens is 1. The summed E-state index contributed by atoms with van der Waals surface area (Å²) in [4.78, 5) is 29.9. The van der Waals surface area contributed by atoms with E-state index in [1.165, 1.54) is 46.8 Å². The van der Waals surface area contributed by atoms with E-state index in [-0.39, 0.29) is 17.8 Å². The molecule has 0 radical (unpaired) electrons. The fourth-order valence-electron chi connectivity index (χ4n) is 2.90. The molecule has 7 nitrogen and oxygen atoms in total. The molecule has 0 aliphatic rings. The molecule has 0 aliphatic heterocycles. The summed E-state index contributed by atoms with van der Waals surface area (Å²) in [5.74, 6) is 0.142. The van der Waals surface area contributed by atoms with E-state index in [1.54, 1.807) is 18.2 Å². The lowest BCUT2D eigenvalue weighted by Crippen LogP contribution is -2.30. The highest BCUT2D eigenvalue weighted by Crippen LogP contribution is 2.36. The zero-order chi connectivity index (χ0) is 20.5. The highest BCUT2D eigenvalue weighted by molar-refractivity contribution is 7.23. The molecule has 0 saturated carbocycles. The molecule has 0 bridgehead atoms. The molecule has 0 spiro atoms. The van der Waals surface area contributed by atoms with Gasteiger partial charge in [0.25, 0.3) is 11.6 Å². The minimum Gasteiger partial charge on any atom is -0.467 e. The van der Waals surface area contributed by atoms with Crippen LogP contribution in [0.5, 0.6) is 0 Å². The van der Waals surface area contributed by atoms with Gasteiger partial charge in [-0.3, -0.25) is 19.8 Å². The number of benzene rings is 2. The normalized spacial score (nSPS) is 11.0. The fraction of sp³-hybridized carbons (Fsp3) is 0.100. The number of nitro benzene ring substituents is 1. The van der Waals surface area contributed by atoms with Crippen molar-refractivity contribution in [1.82, 2.24) is 4.98 Å². The molecular weight excluding hydrogens is 414 g/mol. The average Bonchev–Trinajstić information content (AvgIpc) is 3.39. The van der Waals surface area contributed by atoms with E-state index in [2.05, 4.69) is 4.98 Å². The number of fused-ring (bicyclic) bond motifs is 1. The minimum absolute atomic E-state index is 0.130. The first-order valence-electron chi connectivity index (χ1n) is 8.58. The summed E-state index contributed by atoms with van der Waals surface area (Å²) >= 11 is 7.60. The van der Waals surface area contributed by atoms with Crippen LogP contribution >= 0.6 is 22.9 Å². The van der Waals surface area contributed by atoms with Crippen LogP contribution in [0.25, 0.3) is 10.2 Å². The molecule has 0 N–H and O–H groups in total. The van der Waals surface area contributed by atoms with Gasteiger partial charge < -0.3 is 4.42 Å². The number of rotatable bonds is 5. The summed E-state index contributed by atoms with van der Waals surface area (Å²) in [6.45, 7) is 2.05. The summed E-state index contributed by atoms with van der Waals surface area (Å²) in [6, 6.07) is 12.8. The Bertz CT molecular complexity index is 1180. The van der Waals surface area contributed by atoms with Gasteiger partial charge in [-0.2, -0.15) is 0 Å². The van der Waals surface area contributed by atoms with Crippen molar-refractivity contribution in [3.8, 4) is 0 Å². The maximum absolute atomic E-state index is 13.3. The SMILES string of the molecule is Cc1ccc(Cl)c2sc(N(Cc3ccco3)C(=O)c3cccc([N+](=O)[O-])c3)nc12. The van der Waals surface area contributed by atoms with E-state index < -0.39 is 10.8 Å². The average molecular weight is 428 g/mol. The lowest BCUT2D eigenvalue weighted by Gasteiger charge is -2.18. The molecule has 146 valence electrons. The van der Waals surface area contributed by atoms with E-state index >= 15 is 0 Å². The first-order valence-corrected chi connectivity index (χ1v) is 9.78. The summed E-state index contributed by atoms with van der Waals surface area (Å²) < 4.78 is 6.18. The van der Waals surface area contributed by atoms with E-state index in [9.17, 15) is 14.9 Å². The molecule has 4 rings (SSSR count). The van der Waals surface area contributed by atoms with Crippen molar-refractivity contribution >= 4 is 49.9 Å². The van der Waals surface area contributed by atoms with Crippen molar-refractivity contribution < 1.29 is 14.1 Å². The van der Waals surface area contributed by atoms with Gasteiger partial charge in [0.15, 0.2) is 5.13 Å². The number of amides is 1. The molecule has 4 aromatic rings. The second-order valence-corrected chi connectivity index (χ2v) is 7.70. The second kappa shape index (κ2) is 7.65. The van der Waals surface area contributed by atoms with Gasteiger partial charge in [-0.25, -0.2) is 4.98 Å². The Morgan fingerprint density at radius 3 is 2.79 bits per heavy atom. The topological polar surface area (TPSA) is 89.5 Å². The number of furan rings is 1. The fourth-order valence-corrected chi connectivity index (χ4v) is 4.21. The van der Waals surface area contributed by atoms with Gasteiger partial charge in [-0.1, -0.05) is 35.1 Å². The number of carbonyl (C=O) groups excluding carboxylic acids is 1. The van der Waals surface area contributed by atoms with Crippen molar-refractivity contribution in [3.63, 3.8) is 0 Å². The van der Waals surface area contributed by atoms with E-state index in [4.69, 9.17) is 16.0 Å². The Labute approximate surface area is 174 Å². The van der Waals surface area contributed by atoms with Crippen LogP contribution in [-0.4, -0.2) is 15.8 Å². The number of nitrogens with zero attached hydrogens (tertiary/aromatic N) is 3. The third-order valence-electron chi connectivity index (χ3n) is 4.36. The third-order valence-corrected chi connectivity index (χ3v) is 5.90. The van der Waals surface area contributed by atoms with Gasteiger partial charge in [0.05, 0.1) is 33.0 Å². The Balaban J connectivity index is 1.81. The molecule has 0 atom stereocenters. The van der Waals surface area contributed by atoms with Crippen LogP contribution in [0.2, 0.25) is 5.02 Å². The van der Waals surface area contributed by atoms with E-state index in [0.29, 0.717) is 21.4 Å². The number of hydrogen-bond acceptors (Lipinski definition) is 6. The van der Waals surface area contributed by atoms with Crippen LogP contribution in [0.1, 0.15) is 21.7 Å². The highest BCUT2D eigenvalue weighted by Gasteiger charge is 2.25. The number of thiazole rings is 1. The van der Waals surface area contributed by atoms with Gasteiger partial charge in [-0.05, 0) is 36.8 Å². The van der Waals surface area contributed by atoms with Crippen LogP contribution in [-0.2, 0) is 6.54 Å². The molecule has 2 aromatic heterocycles. The lowest BCUT2D eigenvalue weighted by molar-refractivity contribution is -0.384. The van der Waals surface area contributed by atoms with Crippen LogP contribution in [0, 0.1) is 17.0 Å². The van der Waals surface area contributed by atoms with Crippen molar-refractivity contribution in [3.05, 3.63) is 86.8 Å². The molecule has 1 amide bonds. The lowest BCUT2D eigenvalue weighted by atomic mass is 10.1. The number of anilines is 1. The highest BCUT2D eigenvalue weighted by atomic mass is 35.5. The van der Waals surface area contributed by atoms with Crippen molar-refractivity contribution in [2.75, 3.05) is 4.90 Å². The number of non-ortho nitro benzene ring substituents is 1. The smallest absolute Gasteiger partial charge is 0.270 e. The predicted octanol–water partition coefficient (Wildman–Crippen LogP) is 5.61. The maximum Gasteiger partial charge on any atom is 0.270 e. The van der Waals surface area contributed by atoms with Crippen LogP contribution in [0.3, 0.4) is 0 Å². The van der Waals surface area contributed by atoms with Gasteiger partial charge in [0.1, 0.15) is 5.76 Å². The molecular formula is C20H14ClN3O4S. The van der Waals surface area contributed by atoms with Crippen molar-refractivity contribution in [2.45, 2.75) is 13.5 Å². The quantitative estimate of drug-likeness (QED) is 0.305. The van der Waals surface area contributed by atoms with Gasteiger partial charge in [0.2, 0.25) is 0 Å². The number of halogens is 1. The maximum atomic E-state index is 13.3. The minimum atomic E-state index is -0.533. The second-order valence-electron chi connectivity index (χ2n) is 6.32. The monoisotopic (exact) mass is 427 g/mol. The molecule has 0 unspecified atom stereocenters. The molecule has 0 saturated heterocycles. The van der Waals surface area contributed by atoms with Gasteiger partial charge in [-0.15, -0.1) is 0 Å². The Morgan fingerprint density at radius 2 is 2.10 bits per heavy atom. The van der Waals surface area contributed by atoms with E-state index in [0.717, 1.165) is 10.3 Å². The van der Waals surface area contributed by atoms with Crippen molar-refractivity contribution in [2.24, 2.45) is 0 Å².